The minimum Gasteiger partial charge on any atom is -0.353 e. The Morgan fingerprint density at radius 3 is 2.48 bits per heavy atom. The molecule has 0 atom stereocenters. The second-order valence-electron chi connectivity index (χ2n) is 5.37. The van der Waals surface area contributed by atoms with Crippen molar-refractivity contribution in [2.75, 3.05) is 0 Å². The van der Waals surface area contributed by atoms with Crippen molar-refractivity contribution in [2.45, 2.75) is 0 Å². The Bertz CT molecular complexity index is 1150. The van der Waals surface area contributed by atoms with Crippen molar-refractivity contribution in [3.8, 4) is 0 Å². The van der Waals surface area contributed by atoms with Gasteiger partial charge in [0.25, 0.3) is 0 Å². The van der Waals surface area contributed by atoms with Crippen LogP contribution < -0.4 is 0 Å². The first-order chi connectivity index (χ1) is 10.3. The van der Waals surface area contributed by atoms with Gasteiger partial charge in [0.1, 0.15) is 0 Å². The predicted molar refractivity (Wildman–Crippen MR) is 90.2 cm³/mol. The molecule has 0 aliphatic carbocycles. The first kappa shape index (κ1) is 11.2. The van der Waals surface area contributed by atoms with Crippen molar-refractivity contribution in [1.29, 1.82) is 0 Å². The average Bonchev–Trinajstić information content (AvgIpc) is 3.03. The molecule has 0 spiro atoms. The number of aromatic amines is 2. The van der Waals surface area contributed by atoms with Gasteiger partial charge in [-0.2, -0.15) is 0 Å². The molecule has 0 bridgehead atoms. The maximum Gasteiger partial charge on any atom is 0.0732 e. The molecule has 0 amide bonds. The Hall–Kier alpha value is -2.45. The van der Waals surface area contributed by atoms with E-state index in [9.17, 15) is 0 Å². The SMILES string of the molecule is Clc1cccc2ccc3[nH]c4c5ccccc5[nH]c4c3c12. The molecule has 0 saturated heterocycles. The van der Waals surface area contributed by atoms with Crippen LogP contribution in [0.2, 0.25) is 5.02 Å². The molecule has 0 aliphatic rings. The van der Waals surface area contributed by atoms with E-state index in [1.165, 1.54) is 10.8 Å². The normalized spacial score (nSPS) is 12.0. The number of hydrogen-bond acceptors (Lipinski definition) is 0. The lowest BCUT2D eigenvalue weighted by atomic mass is 10.1. The van der Waals surface area contributed by atoms with Crippen LogP contribution in [-0.2, 0) is 0 Å². The molecule has 0 radical (unpaired) electrons. The van der Waals surface area contributed by atoms with Crippen molar-refractivity contribution < 1.29 is 0 Å². The van der Waals surface area contributed by atoms with Crippen molar-refractivity contribution in [3.63, 3.8) is 0 Å². The highest BCUT2D eigenvalue weighted by atomic mass is 35.5. The lowest BCUT2D eigenvalue weighted by molar-refractivity contribution is 1.57. The molecule has 0 saturated carbocycles. The molecule has 0 aliphatic heterocycles. The molecule has 5 aromatic rings. The summed E-state index contributed by atoms with van der Waals surface area (Å²) in [5, 5.41) is 5.44. The third-order valence-electron chi connectivity index (χ3n) is 4.21. The van der Waals surface area contributed by atoms with E-state index in [0.29, 0.717) is 0 Å². The molecular formula is C18H11ClN2. The van der Waals surface area contributed by atoms with Gasteiger partial charge in [-0.15, -0.1) is 0 Å². The third kappa shape index (κ3) is 1.38. The number of rotatable bonds is 0. The van der Waals surface area contributed by atoms with E-state index < -0.39 is 0 Å². The molecule has 2 aromatic heterocycles. The van der Waals surface area contributed by atoms with Crippen molar-refractivity contribution >= 4 is 55.2 Å². The Balaban J connectivity index is 2.14. The van der Waals surface area contributed by atoms with Crippen molar-refractivity contribution in [1.82, 2.24) is 9.97 Å². The summed E-state index contributed by atoms with van der Waals surface area (Å²) in [5.41, 5.74) is 4.53. The second-order valence-corrected chi connectivity index (χ2v) is 5.78. The van der Waals surface area contributed by atoms with Gasteiger partial charge in [0.2, 0.25) is 0 Å². The number of H-pyrrole nitrogens is 2. The number of aromatic nitrogens is 2. The molecule has 0 fully saturated rings. The van der Waals surface area contributed by atoms with Crippen LogP contribution >= 0.6 is 11.6 Å². The van der Waals surface area contributed by atoms with E-state index in [2.05, 4.69) is 46.4 Å². The zero-order valence-electron chi connectivity index (χ0n) is 11.1. The van der Waals surface area contributed by atoms with Crippen molar-refractivity contribution in [2.24, 2.45) is 0 Å². The summed E-state index contributed by atoms with van der Waals surface area (Å²) in [6, 6.07) is 18.6. The number of fused-ring (bicyclic) bond motifs is 7. The van der Waals surface area contributed by atoms with Gasteiger partial charge in [-0.05, 0) is 23.6 Å². The molecule has 0 unspecified atom stereocenters. The highest BCUT2D eigenvalue weighted by molar-refractivity contribution is 6.39. The Morgan fingerprint density at radius 1 is 0.667 bits per heavy atom. The van der Waals surface area contributed by atoms with Crippen LogP contribution in [0.15, 0.2) is 54.6 Å². The smallest absolute Gasteiger partial charge is 0.0732 e. The van der Waals surface area contributed by atoms with E-state index in [0.717, 1.165) is 37.9 Å². The van der Waals surface area contributed by atoms with E-state index in [1.54, 1.807) is 0 Å². The molecular weight excluding hydrogens is 280 g/mol. The van der Waals surface area contributed by atoms with Gasteiger partial charge in [-0.3, -0.25) is 0 Å². The second kappa shape index (κ2) is 3.80. The fourth-order valence-electron chi connectivity index (χ4n) is 3.29. The maximum absolute atomic E-state index is 6.46. The molecule has 5 rings (SSSR count). The van der Waals surface area contributed by atoms with Crippen LogP contribution in [0.4, 0.5) is 0 Å². The molecule has 3 heteroatoms. The van der Waals surface area contributed by atoms with Gasteiger partial charge in [0.05, 0.1) is 11.0 Å². The molecule has 2 nitrogen and oxygen atoms in total. The maximum atomic E-state index is 6.46. The summed E-state index contributed by atoms with van der Waals surface area (Å²) in [7, 11) is 0. The Kier molecular flexibility index (Phi) is 2.04. The molecule has 3 aromatic carbocycles. The van der Waals surface area contributed by atoms with E-state index in [4.69, 9.17) is 11.6 Å². The highest BCUT2D eigenvalue weighted by Crippen LogP contribution is 2.38. The fourth-order valence-corrected chi connectivity index (χ4v) is 3.57. The number of benzene rings is 3. The fraction of sp³-hybridized carbons (Fsp3) is 0. The summed E-state index contributed by atoms with van der Waals surface area (Å²) in [4.78, 5) is 7.06. The zero-order chi connectivity index (χ0) is 14.0. The average molecular weight is 291 g/mol. The van der Waals surface area contributed by atoms with Crippen LogP contribution in [0, 0.1) is 0 Å². The van der Waals surface area contributed by atoms with E-state index in [-0.39, 0.29) is 0 Å². The summed E-state index contributed by atoms with van der Waals surface area (Å²) in [6.45, 7) is 0. The van der Waals surface area contributed by atoms with Crippen LogP contribution in [0.25, 0.3) is 43.6 Å². The lowest BCUT2D eigenvalue weighted by Gasteiger charge is -2.02. The monoisotopic (exact) mass is 290 g/mol. The van der Waals surface area contributed by atoms with Gasteiger partial charge < -0.3 is 9.97 Å². The predicted octanol–water partition coefficient (Wildman–Crippen LogP) is 5.61. The van der Waals surface area contributed by atoms with Gasteiger partial charge in [-0.25, -0.2) is 0 Å². The number of nitrogens with one attached hydrogen (secondary N) is 2. The first-order valence-electron chi connectivity index (χ1n) is 6.92. The van der Waals surface area contributed by atoms with Crippen molar-refractivity contribution in [3.05, 3.63) is 59.6 Å². The quantitative estimate of drug-likeness (QED) is 0.371. The molecule has 2 heterocycles. The molecule has 2 N–H and O–H groups in total. The van der Waals surface area contributed by atoms with Gasteiger partial charge in [-0.1, -0.05) is 48.0 Å². The largest absolute Gasteiger partial charge is 0.353 e. The number of halogens is 1. The van der Waals surface area contributed by atoms with Crippen LogP contribution in [0.3, 0.4) is 0 Å². The highest BCUT2D eigenvalue weighted by Gasteiger charge is 2.14. The van der Waals surface area contributed by atoms with Crippen LogP contribution in [0.5, 0.6) is 0 Å². The lowest BCUT2D eigenvalue weighted by Crippen LogP contribution is -1.77. The topological polar surface area (TPSA) is 31.6 Å². The minimum absolute atomic E-state index is 0.789. The van der Waals surface area contributed by atoms with Gasteiger partial charge >= 0.3 is 0 Å². The van der Waals surface area contributed by atoms with E-state index in [1.807, 2.05) is 18.2 Å². The van der Waals surface area contributed by atoms with Crippen LogP contribution in [-0.4, -0.2) is 9.97 Å². The molecule has 21 heavy (non-hydrogen) atoms. The Labute approximate surface area is 125 Å². The summed E-state index contributed by atoms with van der Waals surface area (Å²) >= 11 is 6.46. The minimum atomic E-state index is 0.789. The molecule has 100 valence electrons. The Morgan fingerprint density at radius 2 is 1.52 bits per heavy atom. The zero-order valence-corrected chi connectivity index (χ0v) is 11.8. The van der Waals surface area contributed by atoms with Gasteiger partial charge in [0, 0.05) is 32.2 Å². The standard InChI is InChI=1S/C18H11ClN2/c19-12-6-3-4-10-8-9-14-16(15(10)12)18-17(21-14)11-5-1-2-7-13(11)20-18/h1-9,20-21H. The summed E-state index contributed by atoms with van der Waals surface area (Å²) in [6.07, 6.45) is 0. The van der Waals surface area contributed by atoms with Crippen LogP contribution in [0.1, 0.15) is 0 Å². The summed E-state index contributed by atoms with van der Waals surface area (Å²) < 4.78 is 0. The van der Waals surface area contributed by atoms with Gasteiger partial charge in [0.15, 0.2) is 0 Å². The number of para-hydroxylation sites is 1. The third-order valence-corrected chi connectivity index (χ3v) is 4.53. The van der Waals surface area contributed by atoms with E-state index >= 15 is 0 Å². The first-order valence-corrected chi connectivity index (χ1v) is 7.30. The summed E-state index contributed by atoms with van der Waals surface area (Å²) in [5.74, 6) is 0. The number of hydrogen-bond donors (Lipinski definition) is 2.